The third-order valence-corrected chi connectivity index (χ3v) is 4.33. The van der Waals surface area contributed by atoms with E-state index in [2.05, 4.69) is 20.8 Å². The van der Waals surface area contributed by atoms with Crippen LogP contribution in [0.15, 0.2) is 54.9 Å². The molecule has 0 radical (unpaired) electrons. The molecule has 0 spiro atoms. The Morgan fingerprint density at radius 2 is 1.82 bits per heavy atom. The molecule has 0 bridgehead atoms. The van der Waals surface area contributed by atoms with E-state index in [1.807, 2.05) is 55.5 Å². The van der Waals surface area contributed by atoms with Gasteiger partial charge in [-0.3, -0.25) is 9.59 Å². The fourth-order valence-corrected chi connectivity index (χ4v) is 2.78. The molecule has 8 heteroatoms. The molecule has 0 aliphatic heterocycles. The molecule has 2 aromatic carbocycles. The Labute approximate surface area is 162 Å². The average molecular weight is 379 g/mol. The van der Waals surface area contributed by atoms with Crippen LogP contribution in [0.25, 0.3) is 5.69 Å². The second kappa shape index (κ2) is 8.90. The summed E-state index contributed by atoms with van der Waals surface area (Å²) in [5, 5.41) is 14.0. The summed E-state index contributed by atoms with van der Waals surface area (Å²) in [6.45, 7) is 1.98. The van der Waals surface area contributed by atoms with Gasteiger partial charge in [0.15, 0.2) is 0 Å². The lowest BCUT2D eigenvalue weighted by molar-refractivity contribution is -0.141. The molecule has 3 rings (SSSR count). The number of esters is 1. The minimum Gasteiger partial charge on any atom is -0.469 e. The summed E-state index contributed by atoms with van der Waals surface area (Å²) in [6.07, 6.45) is 1.77. The monoisotopic (exact) mass is 379 g/mol. The lowest BCUT2D eigenvalue weighted by atomic mass is 10.0. The van der Waals surface area contributed by atoms with E-state index in [-0.39, 0.29) is 24.7 Å². The van der Waals surface area contributed by atoms with Gasteiger partial charge in [0.05, 0.1) is 31.7 Å². The Balaban J connectivity index is 1.67. The smallest absolute Gasteiger partial charge is 0.307 e. The number of carbonyl (C=O) groups is 2. The van der Waals surface area contributed by atoms with Gasteiger partial charge in [-0.25, -0.2) is 4.68 Å². The fraction of sp³-hybridized carbons (Fsp3) is 0.250. The van der Waals surface area contributed by atoms with Crippen molar-refractivity contribution >= 4 is 11.9 Å². The van der Waals surface area contributed by atoms with Crippen molar-refractivity contribution in [2.24, 2.45) is 0 Å². The first kappa shape index (κ1) is 19.2. The first-order valence-corrected chi connectivity index (χ1v) is 8.80. The topological polar surface area (TPSA) is 99.0 Å². The normalized spacial score (nSPS) is 11.6. The van der Waals surface area contributed by atoms with Gasteiger partial charge in [-0.15, -0.1) is 5.10 Å². The zero-order valence-electron chi connectivity index (χ0n) is 15.7. The largest absolute Gasteiger partial charge is 0.469 e. The number of amides is 1. The Hall–Kier alpha value is -3.55. The van der Waals surface area contributed by atoms with Gasteiger partial charge in [0.1, 0.15) is 6.33 Å². The van der Waals surface area contributed by atoms with Crippen molar-refractivity contribution in [1.82, 2.24) is 25.5 Å². The molecule has 0 aliphatic carbocycles. The maximum Gasteiger partial charge on any atom is 0.307 e. The highest BCUT2D eigenvalue weighted by Gasteiger charge is 2.19. The number of carbonyl (C=O) groups excluding carboxylic acids is 2. The summed E-state index contributed by atoms with van der Waals surface area (Å²) in [7, 11) is 1.34. The predicted molar refractivity (Wildman–Crippen MR) is 102 cm³/mol. The average Bonchev–Trinajstić information content (AvgIpc) is 3.23. The Kier molecular flexibility index (Phi) is 6.11. The van der Waals surface area contributed by atoms with E-state index in [1.54, 1.807) is 0 Å². The van der Waals surface area contributed by atoms with Gasteiger partial charge in [-0.1, -0.05) is 42.0 Å². The minimum atomic E-state index is -0.443. The highest BCUT2D eigenvalue weighted by Crippen LogP contribution is 2.19. The number of hydrogen-bond acceptors (Lipinski definition) is 6. The molecule has 8 nitrogen and oxygen atoms in total. The second-order valence-electron chi connectivity index (χ2n) is 6.41. The zero-order chi connectivity index (χ0) is 19.9. The van der Waals surface area contributed by atoms with Crippen LogP contribution in [0.1, 0.15) is 29.2 Å². The van der Waals surface area contributed by atoms with Crippen molar-refractivity contribution in [1.29, 1.82) is 0 Å². The van der Waals surface area contributed by atoms with Crippen molar-refractivity contribution in [2.45, 2.75) is 25.8 Å². The van der Waals surface area contributed by atoms with Gasteiger partial charge < -0.3 is 10.1 Å². The molecule has 1 aromatic heterocycles. The lowest BCUT2D eigenvalue weighted by Gasteiger charge is -2.18. The van der Waals surface area contributed by atoms with Crippen LogP contribution in [0.2, 0.25) is 0 Å². The molecule has 0 saturated carbocycles. The number of ether oxygens (including phenoxy) is 1. The van der Waals surface area contributed by atoms with Gasteiger partial charge in [-0.2, -0.15) is 0 Å². The molecule has 144 valence electrons. The molecule has 3 aromatic rings. The van der Waals surface area contributed by atoms with E-state index < -0.39 is 6.04 Å². The standard InChI is InChI=1S/C20H21N5O3/c1-14-3-7-16(8-4-14)18(12-20(27)28-2)22-19(26)11-15-5-9-17(10-6-15)25-13-21-23-24-25/h3-10,13,18H,11-12H2,1-2H3,(H,22,26). The van der Waals surface area contributed by atoms with Gasteiger partial charge in [0, 0.05) is 0 Å². The molecule has 0 saturated heterocycles. The highest BCUT2D eigenvalue weighted by atomic mass is 16.5. The van der Waals surface area contributed by atoms with Crippen LogP contribution < -0.4 is 5.32 Å². The minimum absolute atomic E-state index is 0.0730. The third-order valence-electron chi connectivity index (χ3n) is 4.33. The van der Waals surface area contributed by atoms with Crippen LogP contribution in [0.4, 0.5) is 0 Å². The number of tetrazole rings is 1. The zero-order valence-corrected chi connectivity index (χ0v) is 15.7. The quantitative estimate of drug-likeness (QED) is 0.630. The number of benzene rings is 2. The number of aryl methyl sites for hydroxylation is 1. The van der Waals surface area contributed by atoms with Crippen LogP contribution in [-0.2, 0) is 20.7 Å². The molecule has 0 fully saturated rings. The Morgan fingerprint density at radius 3 is 2.43 bits per heavy atom. The summed E-state index contributed by atoms with van der Waals surface area (Å²) < 4.78 is 6.30. The SMILES string of the molecule is COC(=O)CC(NC(=O)Cc1ccc(-n2cnnn2)cc1)c1ccc(C)cc1. The molecule has 1 atom stereocenters. The van der Waals surface area contributed by atoms with Gasteiger partial charge in [0.25, 0.3) is 0 Å². The number of hydrogen-bond donors (Lipinski definition) is 1. The summed E-state index contributed by atoms with van der Waals surface area (Å²) in [4.78, 5) is 24.3. The van der Waals surface area contributed by atoms with E-state index in [4.69, 9.17) is 4.74 Å². The van der Waals surface area contributed by atoms with Gasteiger partial charge in [0.2, 0.25) is 5.91 Å². The first-order valence-electron chi connectivity index (χ1n) is 8.80. The summed E-state index contributed by atoms with van der Waals surface area (Å²) in [5.41, 5.74) is 3.61. The third kappa shape index (κ3) is 5.00. The number of methoxy groups -OCH3 is 1. The number of nitrogens with zero attached hydrogens (tertiary/aromatic N) is 4. The van der Waals surface area contributed by atoms with Crippen LogP contribution >= 0.6 is 0 Å². The van der Waals surface area contributed by atoms with Crippen molar-refractivity contribution in [3.05, 3.63) is 71.5 Å². The van der Waals surface area contributed by atoms with E-state index in [0.717, 1.165) is 22.4 Å². The molecule has 1 amide bonds. The van der Waals surface area contributed by atoms with Crippen LogP contribution in [0.3, 0.4) is 0 Å². The summed E-state index contributed by atoms with van der Waals surface area (Å²) >= 11 is 0. The van der Waals surface area contributed by atoms with Crippen LogP contribution in [-0.4, -0.2) is 39.2 Å². The fourth-order valence-electron chi connectivity index (χ4n) is 2.78. The molecule has 1 unspecified atom stereocenters. The van der Waals surface area contributed by atoms with E-state index >= 15 is 0 Å². The number of aromatic nitrogens is 4. The molecule has 1 heterocycles. The summed E-state index contributed by atoms with van der Waals surface area (Å²) in [5.74, 6) is -0.554. The lowest BCUT2D eigenvalue weighted by Crippen LogP contribution is -2.31. The molecule has 1 N–H and O–H groups in total. The van der Waals surface area contributed by atoms with E-state index in [0.29, 0.717) is 0 Å². The summed E-state index contributed by atoms with van der Waals surface area (Å²) in [6, 6.07) is 14.6. The number of rotatable bonds is 7. The van der Waals surface area contributed by atoms with Gasteiger partial charge >= 0.3 is 5.97 Å². The van der Waals surface area contributed by atoms with Crippen molar-refractivity contribution in [2.75, 3.05) is 7.11 Å². The van der Waals surface area contributed by atoms with Gasteiger partial charge in [-0.05, 0) is 40.6 Å². The van der Waals surface area contributed by atoms with Crippen LogP contribution in [0.5, 0.6) is 0 Å². The first-order chi connectivity index (χ1) is 13.5. The van der Waals surface area contributed by atoms with Crippen molar-refractivity contribution in [3.63, 3.8) is 0 Å². The maximum absolute atomic E-state index is 12.5. The Bertz CT molecular complexity index is 921. The van der Waals surface area contributed by atoms with E-state index in [1.165, 1.54) is 18.1 Å². The second-order valence-corrected chi connectivity index (χ2v) is 6.41. The predicted octanol–water partition coefficient (Wildman–Crippen LogP) is 1.93. The molecule has 0 aliphatic rings. The molecular weight excluding hydrogens is 358 g/mol. The Morgan fingerprint density at radius 1 is 1.11 bits per heavy atom. The number of nitrogens with one attached hydrogen (secondary N) is 1. The van der Waals surface area contributed by atoms with Crippen LogP contribution in [0, 0.1) is 6.92 Å². The molecular formula is C20H21N5O3. The van der Waals surface area contributed by atoms with Crippen molar-refractivity contribution < 1.29 is 14.3 Å². The maximum atomic E-state index is 12.5. The van der Waals surface area contributed by atoms with E-state index in [9.17, 15) is 9.59 Å². The molecule has 28 heavy (non-hydrogen) atoms. The van der Waals surface area contributed by atoms with Crippen molar-refractivity contribution in [3.8, 4) is 5.69 Å². The highest BCUT2D eigenvalue weighted by molar-refractivity contribution is 5.80.